The molecule has 1 aliphatic carbocycles. The highest BCUT2D eigenvalue weighted by Gasteiger charge is 2.43. The molecule has 2 atom stereocenters. The van der Waals surface area contributed by atoms with Crippen molar-refractivity contribution in [3.63, 3.8) is 0 Å². The lowest BCUT2D eigenvalue weighted by molar-refractivity contribution is 0.113. The second-order valence-electron chi connectivity index (χ2n) is 4.86. The van der Waals surface area contributed by atoms with Gasteiger partial charge in [0, 0.05) is 5.75 Å². The van der Waals surface area contributed by atoms with Gasteiger partial charge in [0.1, 0.15) is 6.10 Å². The van der Waals surface area contributed by atoms with Crippen LogP contribution in [0.3, 0.4) is 0 Å². The third-order valence-corrected chi connectivity index (χ3v) is 4.77. The highest BCUT2D eigenvalue weighted by Crippen LogP contribution is 2.36. The number of carbonyl (C=O) groups excluding carboxylic acids is 1. The average Bonchev–Trinajstić information content (AvgIpc) is 2.73. The van der Waals surface area contributed by atoms with Gasteiger partial charge < -0.3 is 4.74 Å². The van der Waals surface area contributed by atoms with Gasteiger partial charge in [0.25, 0.3) is 0 Å². The molecule has 3 rings (SSSR count). The Morgan fingerprint density at radius 1 is 1.22 bits per heavy atom. The van der Waals surface area contributed by atoms with Crippen LogP contribution >= 0.6 is 11.9 Å². The predicted octanol–water partition coefficient (Wildman–Crippen LogP) is 3.60. The van der Waals surface area contributed by atoms with Crippen molar-refractivity contribution < 1.29 is 9.53 Å². The van der Waals surface area contributed by atoms with E-state index in [4.69, 9.17) is 4.74 Å². The van der Waals surface area contributed by atoms with Crippen LogP contribution in [0.2, 0.25) is 0 Å². The first-order valence-corrected chi connectivity index (χ1v) is 7.45. The molecule has 0 aromatic heterocycles. The van der Waals surface area contributed by atoms with Gasteiger partial charge in [-0.05, 0) is 36.8 Å². The fraction of sp³-hybridized carbons (Fsp3) is 0.500. The third kappa shape index (κ3) is 2.34. The van der Waals surface area contributed by atoms with Crippen molar-refractivity contribution >= 4 is 18.0 Å². The van der Waals surface area contributed by atoms with Crippen molar-refractivity contribution in [1.29, 1.82) is 0 Å². The molecule has 1 aliphatic heterocycles. The molecule has 2 aliphatic rings. The number of hydrogen-bond donors (Lipinski definition) is 0. The van der Waals surface area contributed by atoms with Crippen LogP contribution in [0.4, 0.5) is 4.79 Å². The van der Waals surface area contributed by atoms with Gasteiger partial charge in [-0.2, -0.15) is 0 Å². The van der Waals surface area contributed by atoms with Crippen molar-refractivity contribution in [2.45, 2.75) is 43.6 Å². The Balaban J connectivity index is 1.63. The van der Waals surface area contributed by atoms with Crippen molar-refractivity contribution in [3.8, 4) is 0 Å². The maximum Gasteiger partial charge on any atom is 0.420 e. The smallest absolute Gasteiger partial charge is 0.420 e. The molecule has 1 aromatic rings. The van der Waals surface area contributed by atoms with Crippen molar-refractivity contribution in [2.24, 2.45) is 0 Å². The zero-order valence-electron chi connectivity index (χ0n) is 10.2. The standard InChI is InChI=1S/C14H17NO2S/c16-14-15(12-8-4-5-9-13(12)17-14)18-10-11-6-2-1-3-7-11/h1-3,6-7,12-13H,4-5,8-10H2/t12-,13-/m1/s1. The molecule has 1 amide bonds. The van der Waals surface area contributed by atoms with Crippen molar-refractivity contribution in [1.82, 2.24) is 4.31 Å². The maximum atomic E-state index is 11.8. The number of rotatable bonds is 3. The SMILES string of the molecule is O=C1O[C@@H]2CCCC[C@H]2N1SCc1ccccc1. The molecule has 1 heterocycles. The van der Waals surface area contributed by atoms with E-state index < -0.39 is 0 Å². The van der Waals surface area contributed by atoms with E-state index in [1.165, 1.54) is 18.4 Å². The van der Waals surface area contributed by atoms with Gasteiger partial charge >= 0.3 is 6.09 Å². The molecule has 0 unspecified atom stereocenters. The average molecular weight is 263 g/mol. The molecular weight excluding hydrogens is 246 g/mol. The highest BCUT2D eigenvalue weighted by molar-refractivity contribution is 7.96. The second kappa shape index (κ2) is 5.22. The van der Waals surface area contributed by atoms with Crippen LogP contribution < -0.4 is 0 Å². The number of fused-ring (bicyclic) bond motifs is 1. The Morgan fingerprint density at radius 2 is 2.00 bits per heavy atom. The van der Waals surface area contributed by atoms with Crippen LogP contribution in [0.1, 0.15) is 31.2 Å². The van der Waals surface area contributed by atoms with Crippen LogP contribution in [-0.2, 0) is 10.5 Å². The van der Waals surface area contributed by atoms with Crippen molar-refractivity contribution in [3.05, 3.63) is 35.9 Å². The molecule has 0 spiro atoms. The van der Waals surface area contributed by atoms with E-state index in [-0.39, 0.29) is 12.2 Å². The van der Waals surface area contributed by atoms with Gasteiger partial charge in [-0.25, -0.2) is 9.10 Å². The lowest BCUT2D eigenvalue weighted by Gasteiger charge is -2.26. The Kier molecular flexibility index (Phi) is 3.46. The fourth-order valence-electron chi connectivity index (χ4n) is 2.67. The van der Waals surface area contributed by atoms with Gasteiger partial charge in [0.15, 0.2) is 0 Å². The molecule has 0 N–H and O–H groups in total. The molecule has 96 valence electrons. The molecule has 1 saturated carbocycles. The van der Waals surface area contributed by atoms with Crippen LogP contribution in [0.5, 0.6) is 0 Å². The Bertz CT molecular complexity index is 423. The van der Waals surface area contributed by atoms with Gasteiger partial charge in [-0.1, -0.05) is 36.8 Å². The van der Waals surface area contributed by atoms with Crippen LogP contribution in [0, 0.1) is 0 Å². The molecular formula is C14H17NO2S. The van der Waals surface area contributed by atoms with E-state index in [0.717, 1.165) is 18.6 Å². The minimum Gasteiger partial charge on any atom is -0.443 e. The minimum absolute atomic E-state index is 0.134. The Hall–Kier alpha value is -1.16. The summed E-state index contributed by atoms with van der Waals surface area (Å²) in [5.41, 5.74) is 1.24. The first-order chi connectivity index (χ1) is 8.84. The number of hydrogen-bond acceptors (Lipinski definition) is 3. The summed E-state index contributed by atoms with van der Waals surface area (Å²) in [6, 6.07) is 10.5. The molecule has 0 radical (unpaired) electrons. The van der Waals surface area contributed by atoms with Gasteiger partial charge in [-0.3, -0.25) is 0 Å². The number of amides is 1. The molecule has 3 nitrogen and oxygen atoms in total. The summed E-state index contributed by atoms with van der Waals surface area (Å²) >= 11 is 1.59. The topological polar surface area (TPSA) is 29.5 Å². The lowest BCUT2D eigenvalue weighted by Crippen LogP contribution is -2.34. The molecule has 2 fully saturated rings. The summed E-state index contributed by atoms with van der Waals surface area (Å²) in [5, 5.41) is 0. The van der Waals surface area contributed by atoms with Crippen LogP contribution in [0.25, 0.3) is 0 Å². The van der Waals surface area contributed by atoms with E-state index in [1.54, 1.807) is 11.9 Å². The molecule has 1 saturated heterocycles. The summed E-state index contributed by atoms with van der Waals surface area (Å²) in [6.45, 7) is 0. The Morgan fingerprint density at radius 3 is 2.83 bits per heavy atom. The van der Waals surface area contributed by atoms with Crippen LogP contribution in [-0.4, -0.2) is 22.5 Å². The van der Waals surface area contributed by atoms with Gasteiger partial charge in [0.2, 0.25) is 0 Å². The van der Waals surface area contributed by atoms with E-state index >= 15 is 0 Å². The van der Waals surface area contributed by atoms with Gasteiger partial charge in [-0.15, -0.1) is 0 Å². The van der Waals surface area contributed by atoms with Gasteiger partial charge in [0.05, 0.1) is 6.04 Å². The van der Waals surface area contributed by atoms with Crippen molar-refractivity contribution in [2.75, 3.05) is 0 Å². The van der Waals surface area contributed by atoms with Crippen LogP contribution in [0.15, 0.2) is 30.3 Å². The Labute approximate surface area is 112 Å². The summed E-state index contributed by atoms with van der Waals surface area (Å²) in [7, 11) is 0. The molecule has 18 heavy (non-hydrogen) atoms. The molecule has 0 bridgehead atoms. The van der Waals surface area contributed by atoms with E-state index in [1.807, 2.05) is 22.5 Å². The van der Waals surface area contributed by atoms with E-state index in [0.29, 0.717) is 6.04 Å². The summed E-state index contributed by atoms with van der Waals surface area (Å²) in [4.78, 5) is 11.8. The number of benzene rings is 1. The van der Waals surface area contributed by atoms with E-state index in [9.17, 15) is 4.79 Å². The quantitative estimate of drug-likeness (QED) is 0.780. The predicted molar refractivity (Wildman–Crippen MR) is 72.1 cm³/mol. The van der Waals surface area contributed by atoms with E-state index in [2.05, 4.69) is 12.1 Å². The molecule has 1 aromatic carbocycles. The first-order valence-electron chi connectivity index (χ1n) is 6.51. The first kappa shape index (κ1) is 11.9. The normalized spacial score (nSPS) is 26.9. The summed E-state index contributed by atoms with van der Waals surface area (Å²) < 4.78 is 7.29. The number of ether oxygens (including phenoxy) is 1. The zero-order valence-corrected chi connectivity index (χ0v) is 11.1. The minimum atomic E-state index is -0.146. The fourth-order valence-corrected chi connectivity index (χ4v) is 3.73. The highest BCUT2D eigenvalue weighted by atomic mass is 32.2. The summed E-state index contributed by atoms with van der Waals surface area (Å²) in [6.07, 6.45) is 4.49. The third-order valence-electron chi connectivity index (χ3n) is 3.61. The second-order valence-corrected chi connectivity index (χ2v) is 5.80. The number of nitrogens with zero attached hydrogens (tertiary/aromatic N) is 1. The zero-order chi connectivity index (χ0) is 12.4. The largest absolute Gasteiger partial charge is 0.443 e. The maximum absolute atomic E-state index is 11.8. The number of carbonyl (C=O) groups is 1. The molecule has 4 heteroatoms. The summed E-state index contributed by atoms with van der Waals surface area (Å²) in [5.74, 6) is 0.832. The lowest BCUT2D eigenvalue weighted by atomic mass is 9.93. The monoisotopic (exact) mass is 263 g/mol.